The maximum Gasteiger partial charge on any atom is 0.170 e. The van der Waals surface area contributed by atoms with Gasteiger partial charge in [0.1, 0.15) is 18.5 Å². The second-order valence-electron chi connectivity index (χ2n) is 9.71. The van der Waals surface area contributed by atoms with Crippen LogP contribution in [0.5, 0.6) is 17.2 Å². The summed E-state index contributed by atoms with van der Waals surface area (Å²) in [7, 11) is 5.63. The summed E-state index contributed by atoms with van der Waals surface area (Å²) in [6.07, 6.45) is 3.90. The number of hydrogen-bond acceptors (Lipinski definition) is 6. The molecule has 0 bridgehead atoms. The van der Waals surface area contributed by atoms with E-state index < -0.39 is 5.79 Å². The van der Waals surface area contributed by atoms with Crippen molar-refractivity contribution in [3.05, 3.63) is 53.6 Å². The molecule has 178 valence electrons. The third-order valence-corrected chi connectivity index (χ3v) is 7.91. The molecule has 1 spiro atoms. The van der Waals surface area contributed by atoms with Crippen LogP contribution in [0.25, 0.3) is 0 Å². The van der Waals surface area contributed by atoms with Crippen LogP contribution in [0.4, 0.5) is 0 Å². The molecule has 33 heavy (non-hydrogen) atoms. The summed E-state index contributed by atoms with van der Waals surface area (Å²) in [5.41, 5.74) is 2.74. The molecule has 2 heterocycles. The van der Waals surface area contributed by atoms with Gasteiger partial charge in [-0.25, -0.2) is 0 Å². The summed E-state index contributed by atoms with van der Waals surface area (Å²) in [4.78, 5) is 2.49. The highest BCUT2D eigenvalue weighted by atomic mass is 16.8. The van der Waals surface area contributed by atoms with Gasteiger partial charge >= 0.3 is 0 Å². The Morgan fingerprint density at radius 3 is 2.55 bits per heavy atom. The minimum absolute atomic E-state index is 0.0858. The number of rotatable bonds is 6. The van der Waals surface area contributed by atoms with Crippen LogP contribution in [0.15, 0.2) is 42.5 Å². The van der Waals surface area contributed by atoms with E-state index in [4.69, 9.17) is 23.7 Å². The molecule has 2 aliphatic heterocycles. The van der Waals surface area contributed by atoms with Crippen LogP contribution in [0, 0.1) is 6.92 Å². The van der Waals surface area contributed by atoms with E-state index in [9.17, 15) is 0 Å². The van der Waals surface area contributed by atoms with Gasteiger partial charge in [-0.05, 0) is 62.7 Å². The molecule has 0 aromatic heterocycles. The largest absolute Gasteiger partial charge is 0.496 e. The SMILES string of the molecule is COc1ccc([C@]23CCN(C)[C@H]2CC2(CC3)OCC(COc3ccccc3OC)O2)cc1C. The first kappa shape index (κ1) is 22.5. The van der Waals surface area contributed by atoms with Gasteiger partial charge in [-0.3, -0.25) is 0 Å². The van der Waals surface area contributed by atoms with E-state index in [0.717, 1.165) is 49.5 Å². The highest BCUT2D eigenvalue weighted by Gasteiger charge is 2.57. The van der Waals surface area contributed by atoms with Crippen molar-refractivity contribution in [2.45, 2.75) is 56.0 Å². The van der Waals surface area contributed by atoms with E-state index in [1.54, 1.807) is 14.2 Å². The third kappa shape index (κ3) is 3.98. The molecule has 0 N–H and O–H groups in total. The molecule has 6 heteroatoms. The van der Waals surface area contributed by atoms with Crippen molar-refractivity contribution in [2.75, 3.05) is 41.0 Å². The predicted octanol–water partition coefficient (Wildman–Crippen LogP) is 4.33. The van der Waals surface area contributed by atoms with E-state index >= 15 is 0 Å². The zero-order valence-corrected chi connectivity index (χ0v) is 20.1. The number of fused-ring (bicyclic) bond motifs is 1. The highest BCUT2D eigenvalue weighted by molar-refractivity contribution is 5.42. The lowest BCUT2D eigenvalue weighted by atomic mass is 9.64. The highest BCUT2D eigenvalue weighted by Crippen LogP contribution is 2.53. The molecular formula is C27H35NO5. The van der Waals surface area contributed by atoms with E-state index in [1.165, 1.54) is 11.1 Å². The summed E-state index contributed by atoms with van der Waals surface area (Å²) in [5.74, 6) is 1.89. The maximum absolute atomic E-state index is 6.55. The molecule has 5 rings (SSSR count). The second-order valence-corrected chi connectivity index (χ2v) is 9.71. The summed E-state index contributed by atoms with van der Waals surface area (Å²) in [6, 6.07) is 14.8. The molecule has 1 aliphatic carbocycles. The summed E-state index contributed by atoms with van der Waals surface area (Å²) in [6.45, 7) is 4.23. The Hall–Kier alpha value is -2.28. The van der Waals surface area contributed by atoms with Crippen molar-refractivity contribution in [3.8, 4) is 17.2 Å². The quantitative estimate of drug-likeness (QED) is 0.649. The number of hydrogen-bond donors (Lipinski definition) is 0. The lowest BCUT2D eigenvalue weighted by molar-refractivity contribution is -0.205. The second kappa shape index (κ2) is 8.82. The normalized spacial score (nSPS) is 31.5. The van der Waals surface area contributed by atoms with Crippen molar-refractivity contribution in [1.29, 1.82) is 0 Å². The Kier molecular flexibility index (Phi) is 6.02. The molecule has 2 aromatic carbocycles. The standard InChI is InChI=1S/C27H35NO5/c1-19-15-20(9-10-22(19)29-3)26-11-12-27(16-25(26)28(2)14-13-26)32-18-21(33-27)17-31-24-8-6-5-7-23(24)30-4/h5-10,15,21,25H,11-14,16-18H2,1-4H3/t21?,25-,26-,27?/m0/s1. The Balaban J connectivity index is 1.29. The summed E-state index contributed by atoms with van der Waals surface area (Å²) in [5, 5.41) is 0. The number of benzene rings is 2. The van der Waals surface area contributed by atoms with Gasteiger partial charge < -0.3 is 28.6 Å². The van der Waals surface area contributed by atoms with Crippen LogP contribution in [0.1, 0.15) is 36.8 Å². The number of nitrogens with zero attached hydrogens (tertiary/aromatic N) is 1. The zero-order valence-electron chi connectivity index (χ0n) is 20.1. The van der Waals surface area contributed by atoms with Gasteiger partial charge in [0.2, 0.25) is 0 Å². The predicted molar refractivity (Wildman–Crippen MR) is 126 cm³/mol. The lowest BCUT2D eigenvalue weighted by Gasteiger charge is -2.48. The van der Waals surface area contributed by atoms with Crippen molar-refractivity contribution < 1.29 is 23.7 Å². The zero-order chi connectivity index (χ0) is 23.1. The van der Waals surface area contributed by atoms with Crippen LogP contribution in [-0.2, 0) is 14.9 Å². The van der Waals surface area contributed by atoms with Crippen molar-refractivity contribution in [2.24, 2.45) is 0 Å². The number of methoxy groups -OCH3 is 2. The average molecular weight is 454 g/mol. The molecule has 2 saturated heterocycles. The third-order valence-electron chi connectivity index (χ3n) is 7.91. The first-order chi connectivity index (χ1) is 16.0. The lowest BCUT2D eigenvalue weighted by Crippen LogP contribution is -2.53. The number of para-hydroxylation sites is 2. The number of ether oxygens (including phenoxy) is 5. The van der Waals surface area contributed by atoms with E-state index in [1.807, 2.05) is 24.3 Å². The van der Waals surface area contributed by atoms with Gasteiger partial charge in [0.15, 0.2) is 17.3 Å². The molecule has 6 nitrogen and oxygen atoms in total. The minimum Gasteiger partial charge on any atom is -0.496 e. The molecular weight excluding hydrogens is 418 g/mol. The first-order valence-corrected chi connectivity index (χ1v) is 11.9. The molecule has 3 aliphatic rings. The van der Waals surface area contributed by atoms with Crippen molar-refractivity contribution in [1.82, 2.24) is 4.90 Å². The fourth-order valence-electron chi connectivity index (χ4n) is 6.10. The smallest absolute Gasteiger partial charge is 0.170 e. The fourth-order valence-corrected chi connectivity index (χ4v) is 6.10. The molecule has 0 radical (unpaired) electrons. The molecule has 2 unspecified atom stereocenters. The molecule has 1 saturated carbocycles. The van der Waals surface area contributed by atoms with Crippen LogP contribution >= 0.6 is 0 Å². The van der Waals surface area contributed by atoms with E-state index in [0.29, 0.717) is 19.3 Å². The maximum atomic E-state index is 6.55. The van der Waals surface area contributed by atoms with Crippen molar-refractivity contribution in [3.63, 3.8) is 0 Å². The monoisotopic (exact) mass is 453 g/mol. The Morgan fingerprint density at radius 2 is 1.79 bits per heavy atom. The van der Waals surface area contributed by atoms with Gasteiger partial charge in [0.05, 0.1) is 20.8 Å². The molecule has 2 aromatic rings. The van der Waals surface area contributed by atoms with Crippen LogP contribution in [0.3, 0.4) is 0 Å². The van der Waals surface area contributed by atoms with Crippen molar-refractivity contribution >= 4 is 0 Å². The Labute approximate surface area is 196 Å². The summed E-state index contributed by atoms with van der Waals surface area (Å²) < 4.78 is 29.8. The van der Waals surface area contributed by atoms with Gasteiger partial charge in [-0.1, -0.05) is 24.3 Å². The topological polar surface area (TPSA) is 49.4 Å². The van der Waals surface area contributed by atoms with Crippen LogP contribution in [0.2, 0.25) is 0 Å². The summed E-state index contributed by atoms with van der Waals surface area (Å²) >= 11 is 0. The van der Waals surface area contributed by atoms with Gasteiger partial charge in [-0.15, -0.1) is 0 Å². The molecule has 3 fully saturated rings. The van der Waals surface area contributed by atoms with Gasteiger partial charge in [0.25, 0.3) is 0 Å². The average Bonchev–Trinajstić information content (AvgIpc) is 3.39. The first-order valence-electron chi connectivity index (χ1n) is 11.9. The fraction of sp³-hybridized carbons (Fsp3) is 0.556. The number of likely N-dealkylation sites (N-methyl/N-ethyl adjacent to an activating group) is 1. The van der Waals surface area contributed by atoms with Crippen LogP contribution < -0.4 is 14.2 Å². The molecule has 0 amide bonds. The van der Waals surface area contributed by atoms with Gasteiger partial charge in [-0.2, -0.15) is 0 Å². The van der Waals surface area contributed by atoms with E-state index in [-0.39, 0.29) is 11.5 Å². The molecule has 4 atom stereocenters. The van der Waals surface area contributed by atoms with Gasteiger partial charge in [0, 0.05) is 24.3 Å². The Morgan fingerprint density at radius 1 is 1.00 bits per heavy atom. The van der Waals surface area contributed by atoms with E-state index in [2.05, 4.69) is 37.1 Å². The number of likely N-dealkylation sites (tertiary alicyclic amines) is 1. The van der Waals surface area contributed by atoms with Crippen LogP contribution in [-0.4, -0.2) is 63.9 Å². The minimum atomic E-state index is -0.525. The number of aryl methyl sites for hydroxylation is 1. The Bertz CT molecular complexity index is 996.